The summed E-state index contributed by atoms with van der Waals surface area (Å²) in [6.07, 6.45) is 0. The van der Waals surface area contributed by atoms with Crippen molar-refractivity contribution >= 4 is 5.97 Å². The molecular formula is C13H18O3. The van der Waals surface area contributed by atoms with Gasteiger partial charge in [0.25, 0.3) is 0 Å². The van der Waals surface area contributed by atoms with Crippen molar-refractivity contribution in [2.75, 3.05) is 14.2 Å². The molecular weight excluding hydrogens is 204 g/mol. The molecule has 1 aromatic carbocycles. The van der Waals surface area contributed by atoms with Gasteiger partial charge in [-0.25, -0.2) is 0 Å². The van der Waals surface area contributed by atoms with Crippen LogP contribution in [-0.4, -0.2) is 20.2 Å². The number of carbonyl (C=O) groups excluding carboxylic acids is 1. The van der Waals surface area contributed by atoms with E-state index in [0.717, 1.165) is 11.3 Å². The molecule has 0 aliphatic heterocycles. The van der Waals surface area contributed by atoms with E-state index < -0.39 is 0 Å². The summed E-state index contributed by atoms with van der Waals surface area (Å²) in [5.74, 6) is 0.591. The lowest BCUT2D eigenvalue weighted by atomic mass is 9.88. The van der Waals surface area contributed by atoms with E-state index in [2.05, 4.69) is 0 Å². The molecule has 0 saturated carbocycles. The van der Waals surface area contributed by atoms with Crippen LogP contribution in [0.4, 0.5) is 0 Å². The van der Waals surface area contributed by atoms with Gasteiger partial charge in [0, 0.05) is 0 Å². The van der Waals surface area contributed by atoms with Gasteiger partial charge >= 0.3 is 5.97 Å². The van der Waals surface area contributed by atoms with Gasteiger partial charge in [-0.15, -0.1) is 0 Å². The van der Waals surface area contributed by atoms with Crippen LogP contribution in [0.15, 0.2) is 24.3 Å². The summed E-state index contributed by atoms with van der Waals surface area (Å²) in [5, 5.41) is 0. The predicted molar refractivity (Wildman–Crippen MR) is 62.6 cm³/mol. The Balaban J connectivity index is 2.97. The highest BCUT2D eigenvalue weighted by atomic mass is 16.5. The maximum Gasteiger partial charge on any atom is 0.313 e. The molecule has 0 N–H and O–H groups in total. The smallest absolute Gasteiger partial charge is 0.313 e. The monoisotopic (exact) mass is 222 g/mol. The number of hydrogen-bond donors (Lipinski definition) is 0. The van der Waals surface area contributed by atoms with Gasteiger partial charge in [-0.05, 0) is 23.6 Å². The van der Waals surface area contributed by atoms with Gasteiger partial charge in [-0.3, -0.25) is 4.79 Å². The fourth-order valence-corrected chi connectivity index (χ4v) is 1.73. The normalized spacial score (nSPS) is 12.3. The summed E-state index contributed by atoms with van der Waals surface area (Å²) in [6.45, 7) is 4.01. The van der Waals surface area contributed by atoms with Crippen LogP contribution in [0.1, 0.15) is 25.3 Å². The summed E-state index contributed by atoms with van der Waals surface area (Å²) in [6, 6.07) is 7.52. The van der Waals surface area contributed by atoms with Gasteiger partial charge in [0.2, 0.25) is 0 Å². The van der Waals surface area contributed by atoms with Gasteiger partial charge in [0.1, 0.15) is 5.75 Å². The predicted octanol–water partition coefficient (Wildman–Crippen LogP) is 2.61. The number of methoxy groups -OCH3 is 2. The molecule has 88 valence electrons. The van der Waals surface area contributed by atoms with E-state index in [0.29, 0.717) is 0 Å². The van der Waals surface area contributed by atoms with E-state index in [1.165, 1.54) is 7.11 Å². The summed E-state index contributed by atoms with van der Waals surface area (Å²) in [5.41, 5.74) is 0.961. The van der Waals surface area contributed by atoms with Crippen LogP contribution in [0.2, 0.25) is 0 Å². The van der Waals surface area contributed by atoms with Crippen molar-refractivity contribution in [3.63, 3.8) is 0 Å². The Morgan fingerprint density at radius 1 is 1.12 bits per heavy atom. The van der Waals surface area contributed by atoms with Gasteiger partial charge < -0.3 is 9.47 Å². The molecule has 1 rings (SSSR count). The molecule has 1 unspecified atom stereocenters. The van der Waals surface area contributed by atoms with Crippen LogP contribution < -0.4 is 4.74 Å². The minimum atomic E-state index is -0.212. The quantitative estimate of drug-likeness (QED) is 0.734. The van der Waals surface area contributed by atoms with E-state index in [9.17, 15) is 4.79 Å². The summed E-state index contributed by atoms with van der Waals surface area (Å²) >= 11 is 0. The zero-order valence-corrected chi connectivity index (χ0v) is 10.2. The molecule has 3 heteroatoms. The van der Waals surface area contributed by atoms with Crippen LogP contribution in [0, 0.1) is 5.92 Å². The molecule has 0 aromatic heterocycles. The van der Waals surface area contributed by atoms with E-state index in [4.69, 9.17) is 9.47 Å². The highest BCUT2D eigenvalue weighted by Gasteiger charge is 2.24. The largest absolute Gasteiger partial charge is 0.497 e. The highest BCUT2D eigenvalue weighted by molar-refractivity contribution is 5.78. The second-order valence-electron chi connectivity index (χ2n) is 4.02. The van der Waals surface area contributed by atoms with E-state index in [1.807, 2.05) is 38.1 Å². The Morgan fingerprint density at radius 2 is 1.69 bits per heavy atom. The molecule has 0 radical (unpaired) electrons. The SMILES string of the molecule is COC(=O)C(c1ccc(OC)cc1)C(C)C. The lowest BCUT2D eigenvalue weighted by Gasteiger charge is -2.18. The fraction of sp³-hybridized carbons (Fsp3) is 0.462. The van der Waals surface area contributed by atoms with Crippen molar-refractivity contribution in [1.82, 2.24) is 0 Å². The second kappa shape index (κ2) is 5.54. The third-order valence-corrected chi connectivity index (χ3v) is 2.60. The number of esters is 1. The molecule has 0 aliphatic rings. The molecule has 16 heavy (non-hydrogen) atoms. The van der Waals surface area contributed by atoms with Crippen molar-refractivity contribution in [2.24, 2.45) is 5.92 Å². The molecule has 0 bridgehead atoms. The van der Waals surface area contributed by atoms with E-state index in [-0.39, 0.29) is 17.8 Å². The molecule has 0 heterocycles. The maximum atomic E-state index is 11.7. The van der Waals surface area contributed by atoms with Crippen LogP contribution >= 0.6 is 0 Å². The minimum Gasteiger partial charge on any atom is -0.497 e. The Morgan fingerprint density at radius 3 is 2.06 bits per heavy atom. The standard InChI is InChI=1S/C13H18O3/c1-9(2)12(13(14)16-4)10-5-7-11(15-3)8-6-10/h5-9,12H,1-4H3. The number of benzene rings is 1. The third-order valence-electron chi connectivity index (χ3n) is 2.60. The van der Waals surface area contributed by atoms with Crippen molar-refractivity contribution in [1.29, 1.82) is 0 Å². The Kier molecular flexibility index (Phi) is 4.35. The van der Waals surface area contributed by atoms with E-state index >= 15 is 0 Å². The van der Waals surface area contributed by atoms with Gasteiger partial charge in [0.15, 0.2) is 0 Å². The van der Waals surface area contributed by atoms with Gasteiger partial charge in [-0.2, -0.15) is 0 Å². The molecule has 0 spiro atoms. The summed E-state index contributed by atoms with van der Waals surface area (Å²) in [4.78, 5) is 11.7. The Labute approximate surface area is 96.4 Å². The Hall–Kier alpha value is -1.51. The lowest BCUT2D eigenvalue weighted by molar-refractivity contribution is -0.143. The minimum absolute atomic E-state index is 0.194. The first kappa shape index (κ1) is 12.6. The highest BCUT2D eigenvalue weighted by Crippen LogP contribution is 2.27. The van der Waals surface area contributed by atoms with Crippen molar-refractivity contribution < 1.29 is 14.3 Å². The fourth-order valence-electron chi connectivity index (χ4n) is 1.73. The first-order chi connectivity index (χ1) is 7.60. The number of ether oxygens (including phenoxy) is 2. The average molecular weight is 222 g/mol. The number of carbonyl (C=O) groups is 1. The number of rotatable bonds is 4. The topological polar surface area (TPSA) is 35.5 Å². The molecule has 1 atom stereocenters. The van der Waals surface area contributed by atoms with Crippen LogP contribution in [0.5, 0.6) is 5.75 Å². The van der Waals surface area contributed by atoms with Crippen molar-refractivity contribution in [3.05, 3.63) is 29.8 Å². The van der Waals surface area contributed by atoms with Crippen molar-refractivity contribution in [2.45, 2.75) is 19.8 Å². The molecule has 0 aliphatic carbocycles. The maximum absolute atomic E-state index is 11.7. The Bertz CT molecular complexity index is 341. The summed E-state index contributed by atoms with van der Waals surface area (Å²) < 4.78 is 9.89. The first-order valence-electron chi connectivity index (χ1n) is 5.32. The lowest BCUT2D eigenvalue weighted by Crippen LogP contribution is -2.19. The zero-order valence-electron chi connectivity index (χ0n) is 10.2. The van der Waals surface area contributed by atoms with Crippen LogP contribution in [0.3, 0.4) is 0 Å². The van der Waals surface area contributed by atoms with Crippen molar-refractivity contribution in [3.8, 4) is 5.75 Å². The van der Waals surface area contributed by atoms with Gasteiger partial charge in [-0.1, -0.05) is 26.0 Å². The zero-order chi connectivity index (χ0) is 12.1. The molecule has 0 saturated heterocycles. The van der Waals surface area contributed by atoms with Crippen LogP contribution in [0.25, 0.3) is 0 Å². The number of hydrogen-bond acceptors (Lipinski definition) is 3. The van der Waals surface area contributed by atoms with Crippen LogP contribution in [-0.2, 0) is 9.53 Å². The first-order valence-corrected chi connectivity index (χ1v) is 5.32. The molecule has 0 fully saturated rings. The van der Waals surface area contributed by atoms with Gasteiger partial charge in [0.05, 0.1) is 20.1 Å². The molecule has 1 aromatic rings. The van der Waals surface area contributed by atoms with E-state index in [1.54, 1.807) is 7.11 Å². The molecule has 0 amide bonds. The summed E-state index contributed by atoms with van der Waals surface area (Å²) in [7, 11) is 3.04. The third kappa shape index (κ3) is 2.75. The second-order valence-corrected chi connectivity index (χ2v) is 4.02. The average Bonchev–Trinajstić information content (AvgIpc) is 2.29. The molecule has 3 nitrogen and oxygen atoms in total.